The molecule has 0 aliphatic carbocycles. The second kappa shape index (κ2) is 7.48. The minimum Gasteiger partial charge on any atom is -0.348 e. The first-order valence-electron chi connectivity index (χ1n) is 8.24. The normalized spacial score (nSPS) is 15.6. The van der Waals surface area contributed by atoms with Crippen molar-refractivity contribution in [2.75, 3.05) is 5.32 Å². The Morgan fingerprint density at radius 2 is 2.07 bits per heavy atom. The molecule has 1 aromatic heterocycles. The number of rotatable bonds is 4. The molecule has 0 radical (unpaired) electrons. The summed E-state index contributed by atoms with van der Waals surface area (Å²) in [5.74, 6) is -1.93. The number of hydrogen-bond acceptors (Lipinski definition) is 3. The molecule has 2 atom stereocenters. The van der Waals surface area contributed by atoms with Gasteiger partial charge in [-0.1, -0.05) is 17.7 Å². The van der Waals surface area contributed by atoms with Gasteiger partial charge in [0.2, 0.25) is 5.91 Å². The molecule has 0 saturated carbocycles. The van der Waals surface area contributed by atoms with Crippen molar-refractivity contribution in [2.45, 2.75) is 32.5 Å². The SMILES string of the molecule is C[C@H](NC(=O)[C@H](C)N1Cc2c(ccnc2Cl)NC1=O)c1ccc(F)cc1F. The second-order valence-corrected chi connectivity index (χ2v) is 6.62. The van der Waals surface area contributed by atoms with Crippen molar-refractivity contribution in [1.29, 1.82) is 0 Å². The minimum atomic E-state index is -0.847. The van der Waals surface area contributed by atoms with Crippen LogP contribution >= 0.6 is 11.6 Å². The van der Waals surface area contributed by atoms with Crippen molar-refractivity contribution in [2.24, 2.45) is 0 Å². The summed E-state index contributed by atoms with van der Waals surface area (Å²) in [5.41, 5.74) is 1.30. The molecule has 9 heteroatoms. The predicted octanol–water partition coefficient (Wildman–Crippen LogP) is 3.63. The van der Waals surface area contributed by atoms with Crippen LogP contribution in [0.1, 0.15) is 31.0 Å². The molecule has 6 nitrogen and oxygen atoms in total. The molecule has 1 aliphatic rings. The highest BCUT2D eigenvalue weighted by Crippen LogP contribution is 2.29. The second-order valence-electron chi connectivity index (χ2n) is 6.26. The molecule has 0 unspecified atom stereocenters. The van der Waals surface area contributed by atoms with E-state index in [0.717, 1.165) is 12.1 Å². The number of urea groups is 1. The van der Waals surface area contributed by atoms with E-state index in [1.807, 2.05) is 0 Å². The van der Waals surface area contributed by atoms with E-state index in [1.54, 1.807) is 19.9 Å². The zero-order chi connectivity index (χ0) is 19.7. The third-order valence-electron chi connectivity index (χ3n) is 4.47. The Hall–Kier alpha value is -2.74. The van der Waals surface area contributed by atoms with Crippen LogP contribution in [0.25, 0.3) is 0 Å². The molecule has 1 aromatic carbocycles. The maximum absolute atomic E-state index is 13.9. The van der Waals surface area contributed by atoms with Crippen LogP contribution in [0.2, 0.25) is 5.15 Å². The lowest BCUT2D eigenvalue weighted by Gasteiger charge is -2.33. The summed E-state index contributed by atoms with van der Waals surface area (Å²) in [6.07, 6.45) is 1.48. The van der Waals surface area contributed by atoms with Crippen LogP contribution in [0.15, 0.2) is 30.5 Å². The summed E-state index contributed by atoms with van der Waals surface area (Å²) in [7, 11) is 0. The van der Waals surface area contributed by atoms with Crippen molar-refractivity contribution < 1.29 is 18.4 Å². The van der Waals surface area contributed by atoms with Gasteiger partial charge in [-0.15, -0.1) is 0 Å². The number of carbonyl (C=O) groups excluding carboxylic acids is 2. The summed E-state index contributed by atoms with van der Waals surface area (Å²) in [4.78, 5) is 30.2. The maximum atomic E-state index is 13.9. The van der Waals surface area contributed by atoms with Gasteiger partial charge in [-0.05, 0) is 26.0 Å². The van der Waals surface area contributed by atoms with Crippen molar-refractivity contribution >= 4 is 29.2 Å². The minimum absolute atomic E-state index is 0.113. The number of fused-ring (bicyclic) bond motifs is 1. The number of pyridine rings is 1. The number of carbonyl (C=O) groups is 2. The average Bonchev–Trinajstić information content (AvgIpc) is 2.60. The van der Waals surface area contributed by atoms with Gasteiger partial charge in [0.25, 0.3) is 0 Å². The molecule has 2 aromatic rings. The molecule has 2 heterocycles. The molecule has 1 aliphatic heterocycles. The first-order valence-corrected chi connectivity index (χ1v) is 8.62. The van der Waals surface area contributed by atoms with E-state index < -0.39 is 35.7 Å². The number of aromatic nitrogens is 1. The van der Waals surface area contributed by atoms with Gasteiger partial charge in [-0.25, -0.2) is 18.6 Å². The monoisotopic (exact) mass is 394 g/mol. The first kappa shape index (κ1) is 19.0. The van der Waals surface area contributed by atoms with Crippen LogP contribution < -0.4 is 10.6 Å². The fourth-order valence-electron chi connectivity index (χ4n) is 2.88. The van der Waals surface area contributed by atoms with Crippen LogP contribution in [-0.2, 0) is 11.3 Å². The molecule has 0 bridgehead atoms. The quantitative estimate of drug-likeness (QED) is 0.778. The zero-order valence-corrected chi connectivity index (χ0v) is 15.3. The number of halogens is 3. The summed E-state index contributed by atoms with van der Waals surface area (Å²) in [6.45, 7) is 3.24. The Morgan fingerprint density at radius 1 is 1.33 bits per heavy atom. The number of benzene rings is 1. The Balaban J connectivity index is 1.73. The highest BCUT2D eigenvalue weighted by molar-refractivity contribution is 6.30. The molecule has 0 spiro atoms. The molecule has 3 amide bonds. The van der Waals surface area contributed by atoms with Gasteiger partial charge in [0.05, 0.1) is 18.3 Å². The molecule has 2 N–H and O–H groups in total. The van der Waals surface area contributed by atoms with Gasteiger partial charge in [-0.3, -0.25) is 4.79 Å². The van der Waals surface area contributed by atoms with Crippen LogP contribution in [0.3, 0.4) is 0 Å². The third-order valence-corrected chi connectivity index (χ3v) is 4.79. The van der Waals surface area contributed by atoms with E-state index in [0.29, 0.717) is 11.3 Å². The molecule has 0 saturated heterocycles. The van der Waals surface area contributed by atoms with E-state index in [4.69, 9.17) is 11.6 Å². The van der Waals surface area contributed by atoms with Gasteiger partial charge >= 0.3 is 6.03 Å². The van der Waals surface area contributed by atoms with Crippen molar-refractivity contribution in [1.82, 2.24) is 15.2 Å². The molecule has 142 valence electrons. The summed E-state index contributed by atoms with van der Waals surface area (Å²) >= 11 is 6.07. The van der Waals surface area contributed by atoms with Crippen LogP contribution in [0, 0.1) is 11.6 Å². The third kappa shape index (κ3) is 3.85. The van der Waals surface area contributed by atoms with Gasteiger partial charge in [0.15, 0.2) is 0 Å². The van der Waals surface area contributed by atoms with Crippen molar-refractivity contribution in [3.05, 3.63) is 58.4 Å². The van der Waals surface area contributed by atoms with Crippen LogP contribution in [0.5, 0.6) is 0 Å². The average molecular weight is 395 g/mol. The zero-order valence-electron chi connectivity index (χ0n) is 14.6. The number of nitrogens with zero attached hydrogens (tertiary/aromatic N) is 2. The number of hydrogen-bond donors (Lipinski definition) is 2. The van der Waals surface area contributed by atoms with Gasteiger partial charge < -0.3 is 15.5 Å². The lowest BCUT2D eigenvalue weighted by molar-refractivity contribution is -0.125. The summed E-state index contributed by atoms with van der Waals surface area (Å²) < 4.78 is 26.9. The molecular formula is C18H17ClF2N4O2. The largest absolute Gasteiger partial charge is 0.348 e. The van der Waals surface area contributed by atoms with Crippen LogP contribution in [-0.4, -0.2) is 27.9 Å². The van der Waals surface area contributed by atoms with Crippen LogP contribution in [0.4, 0.5) is 19.3 Å². The summed E-state index contributed by atoms with van der Waals surface area (Å²) in [6, 6.07) is 2.77. The van der Waals surface area contributed by atoms with Gasteiger partial charge in [0.1, 0.15) is 22.8 Å². The maximum Gasteiger partial charge on any atom is 0.322 e. The number of amides is 3. The number of nitrogens with one attached hydrogen (secondary N) is 2. The Bertz CT molecular complexity index is 909. The van der Waals surface area contributed by atoms with E-state index >= 15 is 0 Å². The van der Waals surface area contributed by atoms with Crippen molar-refractivity contribution in [3.63, 3.8) is 0 Å². The first-order chi connectivity index (χ1) is 12.8. The topological polar surface area (TPSA) is 74.3 Å². The van der Waals surface area contributed by atoms with Gasteiger partial charge in [-0.2, -0.15) is 0 Å². The fourth-order valence-corrected chi connectivity index (χ4v) is 3.10. The highest BCUT2D eigenvalue weighted by Gasteiger charge is 2.32. The smallest absolute Gasteiger partial charge is 0.322 e. The fraction of sp³-hybridized carbons (Fsp3) is 0.278. The lowest BCUT2D eigenvalue weighted by atomic mass is 10.1. The summed E-state index contributed by atoms with van der Waals surface area (Å²) in [5, 5.41) is 5.55. The van der Waals surface area contributed by atoms with E-state index in [-0.39, 0.29) is 17.3 Å². The van der Waals surface area contributed by atoms with Gasteiger partial charge in [0, 0.05) is 23.4 Å². The van der Waals surface area contributed by atoms with E-state index in [2.05, 4.69) is 15.6 Å². The van der Waals surface area contributed by atoms with E-state index in [9.17, 15) is 18.4 Å². The molecular weight excluding hydrogens is 378 g/mol. The predicted molar refractivity (Wildman–Crippen MR) is 96.2 cm³/mol. The van der Waals surface area contributed by atoms with Crippen molar-refractivity contribution in [3.8, 4) is 0 Å². The highest BCUT2D eigenvalue weighted by atomic mass is 35.5. The number of anilines is 1. The Morgan fingerprint density at radius 3 is 2.78 bits per heavy atom. The Kier molecular flexibility index (Phi) is 5.27. The molecule has 0 fully saturated rings. The Labute approximate surface area is 159 Å². The van der Waals surface area contributed by atoms with E-state index in [1.165, 1.54) is 17.2 Å². The standard InChI is InChI=1S/C18H17ClF2N4O2/c1-9(12-4-3-11(20)7-14(12)21)23-17(26)10(2)25-8-13-15(24-18(25)27)5-6-22-16(13)19/h3-7,9-10H,8H2,1-2H3,(H,23,26)(H,24,27)/t9-,10-/m0/s1. The molecule has 3 rings (SSSR count). The lowest BCUT2D eigenvalue weighted by Crippen LogP contribution is -2.51. The molecule has 27 heavy (non-hydrogen) atoms.